The third kappa shape index (κ3) is 4.13. The van der Waals surface area contributed by atoms with Crippen LogP contribution in [0.15, 0.2) is 66.7 Å². The molecule has 2 aromatic heterocycles. The van der Waals surface area contributed by atoms with Crippen molar-refractivity contribution in [3.05, 3.63) is 77.9 Å². The first kappa shape index (κ1) is 19.8. The van der Waals surface area contributed by atoms with Gasteiger partial charge in [0.1, 0.15) is 4.83 Å². The molecule has 148 valence electrons. The molecule has 0 atom stereocenters. The van der Waals surface area contributed by atoms with Crippen molar-refractivity contribution in [2.24, 2.45) is 0 Å². The maximum absolute atomic E-state index is 4.95. The number of benzene rings is 2. The van der Waals surface area contributed by atoms with Gasteiger partial charge in [0.25, 0.3) is 0 Å². The Kier molecular flexibility index (Phi) is 4.86. The Morgan fingerprint density at radius 2 is 1.28 bits per heavy atom. The van der Waals surface area contributed by atoms with Gasteiger partial charge in [-0.2, -0.15) is 0 Å². The number of pyridine rings is 1. The van der Waals surface area contributed by atoms with Crippen molar-refractivity contribution in [2.45, 2.75) is 52.4 Å². The van der Waals surface area contributed by atoms with Crippen LogP contribution in [0.3, 0.4) is 0 Å². The van der Waals surface area contributed by atoms with Crippen molar-refractivity contribution in [1.29, 1.82) is 0 Å². The van der Waals surface area contributed by atoms with Gasteiger partial charge in [-0.25, -0.2) is 4.98 Å². The van der Waals surface area contributed by atoms with Gasteiger partial charge in [0.15, 0.2) is 0 Å². The summed E-state index contributed by atoms with van der Waals surface area (Å²) in [6, 6.07) is 24.1. The van der Waals surface area contributed by atoms with Crippen molar-refractivity contribution in [3.8, 4) is 21.7 Å². The Balaban J connectivity index is 1.84. The highest BCUT2D eigenvalue weighted by Gasteiger charge is 2.21. The van der Waals surface area contributed by atoms with Crippen molar-refractivity contribution in [1.82, 2.24) is 4.98 Å². The molecule has 0 saturated heterocycles. The average molecular weight is 400 g/mol. The van der Waals surface area contributed by atoms with Gasteiger partial charge >= 0.3 is 0 Å². The predicted octanol–water partition coefficient (Wildman–Crippen LogP) is 8.23. The van der Waals surface area contributed by atoms with E-state index in [0.717, 1.165) is 16.1 Å². The highest BCUT2D eigenvalue weighted by Crippen LogP contribution is 2.38. The minimum Gasteiger partial charge on any atom is -0.237 e. The molecule has 0 aliphatic heterocycles. The molecule has 1 nitrogen and oxygen atoms in total. The fourth-order valence-corrected chi connectivity index (χ4v) is 4.48. The molecule has 4 aromatic rings. The third-order valence-electron chi connectivity index (χ3n) is 5.40. The number of hydrogen-bond acceptors (Lipinski definition) is 2. The molecule has 2 aromatic carbocycles. The van der Waals surface area contributed by atoms with Crippen molar-refractivity contribution < 1.29 is 0 Å². The van der Waals surface area contributed by atoms with E-state index in [9.17, 15) is 0 Å². The van der Waals surface area contributed by atoms with E-state index in [1.165, 1.54) is 27.0 Å². The van der Waals surface area contributed by atoms with Crippen LogP contribution in [0.4, 0.5) is 0 Å². The van der Waals surface area contributed by atoms with E-state index in [2.05, 4.69) is 102 Å². The van der Waals surface area contributed by atoms with Crippen molar-refractivity contribution in [3.63, 3.8) is 0 Å². The van der Waals surface area contributed by atoms with Crippen molar-refractivity contribution >= 4 is 21.6 Å². The average Bonchev–Trinajstić information content (AvgIpc) is 3.10. The van der Waals surface area contributed by atoms with Gasteiger partial charge in [-0.05, 0) is 57.9 Å². The minimum atomic E-state index is 0.116. The topological polar surface area (TPSA) is 12.9 Å². The minimum absolute atomic E-state index is 0.116. The summed E-state index contributed by atoms with van der Waals surface area (Å²) in [5.74, 6) is 0. The standard InChI is InChI=1S/C27H29NS/c1-26(2,3)21-14-20(15-22(17-21)27(4,5)6)24-16-19-12-13-23(28-25(19)29-24)18-10-8-7-9-11-18/h7-17H,1-6H3. The first-order chi connectivity index (χ1) is 13.6. The summed E-state index contributed by atoms with van der Waals surface area (Å²) in [5.41, 5.74) is 6.49. The molecular formula is C27H29NS. The molecule has 2 heteroatoms. The van der Waals surface area contributed by atoms with E-state index in [0.29, 0.717) is 0 Å². The molecular weight excluding hydrogens is 370 g/mol. The number of thiophene rings is 1. The molecule has 0 aliphatic carbocycles. The highest BCUT2D eigenvalue weighted by molar-refractivity contribution is 7.21. The number of fused-ring (bicyclic) bond motifs is 1. The second kappa shape index (κ2) is 7.11. The van der Waals surface area contributed by atoms with Crippen molar-refractivity contribution in [2.75, 3.05) is 0 Å². The number of rotatable bonds is 2. The maximum atomic E-state index is 4.95. The van der Waals surface area contributed by atoms with Gasteiger partial charge in [0.05, 0.1) is 5.69 Å². The molecule has 0 N–H and O–H groups in total. The van der Waals surface area contributed by atoms with Crippen LogP contribution in [0.2, 0.25) is 0 Å². The van der Waals surface area contributed by atoms with Crippen LogP contribution in [-0.2, 0) is 10.8 Å². The van der Waals surface area contributed by atoms with E-state index in [1.54, 1.807) is 11.3 Å². The lowest BCUT2D eigenvalue weighted by molar-refractivity contribution is 0.569. The summed E-state index contributed by atoms with van der Waals surface area (Å²) in [5, 5.41) is 1.21. The quantitative estimate of drug-likeness (QED) is 0.331. The Bertz CT molecular complexity index is 1120. The Morgan fingerprint density at radius 3 is 1.86 bits per heavy atom. The van der Waals surface area contributed by atoms with E-state index < -0.39 is 0 Å². The second-order valence-corrected chi connectivity index (χ2v) is 10.9. The summed E-state index contributed by atoms with van der Waals surface area (Å²) < 4.78 is 0. The van der Waals surface area contributed by atoms with Crippen LogP contribution < -0.4 is 0 Å². The van der Waals surface area contributed by atoms with Crippen LogP contribution in [0.1, 0.15) is 52.7 Å². The van der Waals surface area contributed by atoms with E-state index in [1.807, 2.05) is 6.07 Å². The zero-order valence-corrected chi connectivity index (χ0v) is 19.0. The lowest BCUT2D eigenvalue weighted by atomic mass is 9.79. The Hall–Kier alpha value is -2.45. The van der Waals surface area contributed by atoms with Gasteiger partial charge in [0.2, 0.25) is 0 Å². The summed E-state index contributed by atoms with van der Waals surface area (Å²) in [4.78, 5) is 7.34. The summed E-state index contributed by atoms with van der Waals surface area (Å²) in [6.07, 6.45) is 0. The van der Waals surface area contributed by atoms with Gasteiger partial charge < -0.3 is 0 Å². The van der Waals surface area contributed by atoms with E-state index >= 15 is 0 Å². The van der Waals surface area contributed by atoms with Gasteiger partial charge in [-0.15, -0.1) is 11.3 Å². The fraction of sp³-hybridized carbons (Fsp3) is 0.296. The molecule has 0 radical (unpaired) electrons. The Morgan fingerprint density at radius 1 is 0.655 bits per heavy atom. The Labute approximate surface area is 178 Å². The third-order valence-corrected chi connectivity index (χ3v) is 6.50. The monoisotopic (exact) mass is 399 g/mol. The lowest BCUT2D eigenvalue weighted by Gasteiger charge is -2.26. The second-order valence-electron chi connectivity index (χ2n) is 9.87. The van der Waals surface area contributed by atoms with Gasteiger partial charge in [0, 0.05) is 15.8 Å². The summed E-state index contributed by atoms with van der Waals surface area (Å²) in [7, 11) is 0. The van der Waals surface area contributed by atoms with Crippen LogP contribution >= 0.6 is 11.3 Å². The molecule has 0 unspecified atom stereocenters. The smallest absolute Gasteiger partial charge is 0.124 e. The molecule has 0 aliphatic rings. The van der Waals surface area contributed by atoms with Gasteiger partial charge in [-0.1, -0.05) is 77.9 Å². The molecule has 2 heterocycles. The molecule has 4 rings (SSSR count). The van der Waals surface area contributed by atoms with E-state index in [-0.39, 0.29) is 10.8 Å². The summed E-state index contributed by atoms with van der Waals surface area (Å²) in [6.45, 7) is 13.7. The van der Waals surface area contributed by atoms with Gasteiger partial charge in [-0.3, -0.25) is 0 Å². The predicted molar refractivity (Wildman–Crippen MR) is 128 cm³/mol. The molecule has 0 bridgehead atoms. The number of aromatic nitrogens is 1. The molecule has 0 saturated carbocycles. The molecule has 0 fully saturated rings. The largest absolute Gasteiger partial charge is 0.237 e. The number of hydrogen-bond donors (Lipinski definition) is 0. The van der Waals surface area contributed by atoms with Crippen LogP contribution in [0, 0.1) is 0 Å². The first-order valence-corrected chi connectivity index (χ1v) is 11.1. The fourth-order valence-electron chi connectivity index (χ4n) is 3.47. The van der Waals surface area contributed by atoms with Crippen LogP contribution in [-0.4, -0.2) is 4.98 Å². The highest BCUT2D eigenvalue weighted by atomic mass is 32.1. The summed E-state index contributed by atoms with van der Waals surface area (Å²) >= 11 is 1.79. The maximum Gasteiger partial charge on any atom is 0.124 e. The zero-order chi connectivity index (χ0) is 20.8. The lowest BCUT2D eigenvalue weighted by Crippen LogP contribution is -2.16. The van der Waals surface area contributed by atoms with Crippen LogP contribution in [0.5, 0.6) is 0 Å². The molecule has 29 heavy (non-hydrogen) atoms. The molecule has 0 spiro atoms. The normalized spacial score (nSPS) is 12.5. The SMILES string of the molecule is CC(C)(C)c1cc(-c2cc3ccc(-c4ccccc4)nc3s2)cc(C(C)(C)C)c1. The first-order valence-electron chi connectivity index (χ1n) is 10.2. The zero-order valence-electron chi connectivity index (χ0n) is 18.2. The number of nitrogens with zero attached hydrogens (tertiary/aromatic N) is 1. The molecule has 0 amide bonds. The van der Waals surface area contributed by atoms with Crippen LogP contribution in [0.25, 0.3) is 31.9 Å². The van der Waals surface area contributed by atoms with E-state index in [4.69, 9.17) is 4.98 Å².